The number of aromatic nitrogens is 2. The van der Waals surface area contributed by atoms with Crippen LogP contribution >= 0.6 is 23.4 Å². The Morgan fingerprint density at radius 1 is 1.28 bits per heavy atom. The Hall–Kier alpha value is -1.46. The van der Waals surface area contributed by atoms with E-state index in [-0.39, 0.29) is 16.5 Å². The highest BCUT2D eigenvalue weighted by atomic mass is 35.5. The van der Waals surface area contributed by atoms with Crippen molar-refractivity contribution in [3.8, 4) is 0 Å². The molecule has 1 aromatic carbocycles. The molecule has 18 heavy (non-hydrogen) atoms. The first-order valence-corrected chi connectivity index (χ1v) is 6.22. The monoisotopic (exact) mass is 282 g/mol. The summed E-state index contributed by atoms with van der Waals surface area (Å²) >= 11 is 7.11. The minimum absolute atomic E-state index is 0.127. The highest BCUT2D eigenvalue weighted by Crippen LogP contribution is 2.30. The quantitative estimate of drug-likeness (QED) is 0.638. The summed E-state index contributed by atoms with van der Waals surface area (Å²) in [5.41, 5.74) is 0.247. The van der Waals surface area contributed by atoms with Crippen LogP contribution in [0.2, 0.25) is 5.15 Å². The van der Waals surface area contributed by atoms with Crippen LogP contribution in [-0.2, 0) is 0 Å². The fraction of sp³-hybridized carbons (Fsp3) is 0.0833. The summed E-state index contributed by atoms with van der Waals surface area (Å²) in [6, 6.07) is 5.91. The molecule has 2 rings (SSSR count). The Morgan fingerprint density at radius 3 is 2.56 bits per heavy atom. The maximum Gasteiger partial charge on any atom is 0.155 e. The van der Waals surface area contributed by atoms with Gasteiger partial charge >= 0.3 is 0 Å². The largest absolute Gasteiger partial charge is 0.298 e. The van der Waals surface area contributed by atoms with E-state index in [4.69, 9.17) is 11.6 Å². The van der Waals surface area contributed by atoms with Gasteiger partial charge in [-0.25, -0.2) is 14.4 Å². The van der Waals surface area contributed by atoms with Gasteiger partial charge in [-0.15, -0.1) is 0 Å². The normalized spacial score (nSPS) is 10.4. The van der Waals surface area contributed by atoms with Crippen molar-refractivity contribution in [3.63, 3.8) is 0 Å². The van der Waals surface area contributed by atoms with Gasteiger partial charge in [-0.2, -0.15) is 0 Å². The van der Waals surface area contributed by atoms with Gasteiger partial charge in [-0.1, -0.05) is 23.4 Å². The molecule has 2 aromatic rings. The van der Waals surface area contributed by atoms with Crippen LogP contribution < -0.4 is 0 Å². The van der Waals surface area contributed by atoms with Gasteiger partial charge in [-0.05, 0) is 31.2 Å². The molecule has 0 spiro atoms. The van der Waals surface area contributed by atoms with E-state index < -0.39 is 0 Å². The third kappa shape index (κ3) is 2.86. The Balaban J connectivity index is 2.39. The van der Waals surface area contributed by atoms with Crippen LogP contribution in [0.25, 0.3) is 0 Å². The standard InChI is InChI=1S/C12H8ClFN2OS/c1-7-15-11(13)10(6-17)12(16-7)18-9-4-2-8(14)3-5-9/h2-6H,1H3. The fourth-order valence-corrected chi connectivity index (χ4v) is 2.55. The molecule has 92 valence electrons. The Kier molecular flexibility index (Phi) is 3.93. The van der Waals surface area contributed by atoms with Gasteiger partial charge < -0.3 is 0 Å². The second-order valence-electron chi connectivity index (χ2n) is 3.45. The number of carbonyl (C=O) groups excluding carboxylic acids is 1. The average molecular weight is 283 g/mol. The molecule has 0 aliphatic carbocycles. The number of hydrogen-bond donors (Lipinski definition) is 0. The summed E-state index contributed by atoms with van der Waals surface area (Å²) in [6.45, 7) is 1.69. The average Bonchev–Trinajstić information content (AvgIpc) is 2.32. The van der Waals surface area contributed by atoms with Crippen LogP contribution in [0.1, 0.15) is 16.2 Å². The molecule has 0 bridgehead atoms. The maximum absolute atomic E-state index is 12.8. The third-order valence-electron chi connectivity index (χ3n) is 2.12. The lowest BCUT2D eigenvalue weighted by Gasteiger charge is -2.06. The van der Waals surface area contributed by atoms with Crippen LogP contribution in [0.3, 0.4) is 0 Å². The van der Waals surface area contributed by atoms with Crippen LogP contribution in [-0.4, -0.2) is 16.3 Å². The molecule has 3 nitrogen and oxygen atoms in total. The SMILES string of the molecule is Cc1nc(Cl)c(C=O)c(Sc2ccc(F)cc2)n1. The van der Waals surface area contributed by atoms with Crippen molar-refractivity contribution in [2.75, 3.05) is 0 Å². The van der Waals surface area contributed by atoms with Crippen LogP contribution in [0.5, 0.6) is 0 Å². The van der Waals surface area contributed by atoms with E-state index in [0.717, 1.165) is 4.90 Å². The van der Waals surface area contributed by atoms with Crippen molar-refractivity contribution in [2.24, 2.45) is 0 Å². The van der Waals surface area contributed by atoms with E-state index >= 15 is 0 Å². The van der Waals surface area contributed by atoms with E-state index in [0.29, 0.717) is 17.1 Å². The number of benzene rings is 1. The van der Waals surface area contributed by atoms with E-state index in [9.17, 15) is 9.18 Å². The van der Waals surface area contributed by atoms with Crippen molar-refractivity contribution >= 4 is 29.6 Å². The number of hydrogen-bond acceptors (Lipinski definition) is 4. The predicted octanol–water partition coefficient (Wildman–Crippen LogP) is 3.54. The number of aryl methyl sites for hydroxylation is 1. The first-order valence-electron chi connectivity index (χ1n) is 5.03. The van der Waals surface area contributed by atoms with E-state index in [1.807, 2.05) is 0 Å². The molecule has 0 amide bonds. The Bertz CT molecular complexity index is 589. The van der Waals surface area contributed by atoms with Crippen LogP contribution in [0.4, 0.5) is 4.39 Å². The Morgan fingerprint density at radius 2 is 1.94 bits per heavy atom. The number of nitrogens with zero attached hydrogens (tertiary/aromatic N) is 2. The van der Waals surface area contributed by atoms with E-state index in [1.54, 1.807) is 19.1 Å². The lowest BCUT2D eigenvalue weighted by Crippen LogP contribution is -1.98. The molecular formula is C12H8ClFN2OS. The molecule has 0 atom stereocenters. The third-order valence-corrected chi connectivity index (χ3v) is 3.42. The number of aldehydes is 1. The van der Waals surface area contributed by atoms with Crippen molar-refractivity contribution in [2.45, 2.75) is 16.8 Å². The topological polar surface area (TPSA) is 42.9 Å². The minimum Gasteiger partial charge on any atom is -0.298 e. The first-order chi connectivity index (χ1) is 8.60. The highest BCUT2D eigenvalue weighted by Gasteiger charge is 2.12. The van der Waals surface area contributed by atoms with Gasteiger partial charge in [0.25, 0.3) is 0 Å². The summed E-state index contributed by atoms with van der Waals surface area (Å²) in [4.78, 5) is 19.8. The lowest BCUT2D eigenvalue weighted by atomic mass is 10.3. The zero-order chi connectivity index (χ0) is 13.1. The number of carbonyl (C=O) groups is 1. The van der Waals surface area contributed by atoms with Gasteiger partial charge in [0.05, 0.1) is 5.56 Å². The zero-order valence-electron chi connectivity index (χ0n) is 9.35. The van der Waals surface area contributed by atoms with Gasteiger partial charge in [-0.3, -0.25) is 4.79 Å². The van der Waals surface area contributed by atoms with Crippen LogP contribution in [0, 0.1) is 12.7 Å². The second-order valence-corrected chi connectivity index (χ2v) is 4.87. The van der Waals surface area contributed by atoms with Gasteiger partial charge in [0.15, 0.2) is 6.29 Å². The molecule has 1 aromatic heterocycles. The molecule has 0 fully saturated rings. The molecule has 0 N–H and O–H groups in total. The number of rotatable bonds is 3. The van der Waals surface area contributed by atoms with E-state index in [1.165, 1.54) is 23.9 Å². The fourth-order valence-electron chi connectivity index (χ4n) is 1.31. The highest BCUT2D eigenvalue weighted by molar-refractivity contribution is 7.99. The summed E-state index contributed by atoms with van der Waals surface area (Å²) < 4.78 is 12.8. The molecule has 0 radical (unpaired) electrons. The van der Waals surface area contributed by atoms with Gasteiger partial charge in [0, 0.05) is 4.90 Å². The first kappa shape index (κ1) is 13.0. The minimum atomic E-state index is -0.313. The van der Waals surface area contributed by atoms with Crippen molar-refractivity contribution in [3.05, 3.63) is 46.6 Å². The molecule has 6 heteroatoms. The van der Waals surface area contributed by atoms with E-state index in [2.05, 4.69) is 9.97 Å². The molecule has 0 unspecified atom stereocenters. The smallest absolute Gasteiger partial charge is 0.155 e. The number of halogens is 2. The summed E-state index contributed by atoms with van der Waals surface area (Å²) in [7, 11) is 0. The van der Waals surface area contributed by atoms with Gasteiger partial charge in [0.1, 0.15) is 21.8 Å². The summed E-state index contributed by atoms with van der Waals surface area (Å²) in [5, 5.41) is 0.594. The van der Waals surface area contributed by atoms with Gasteiger partial charge in [0.2, 0.25) is 0 Å². The maximum atomic E-state index is 12.8. The van der Waals surface area contributed by atoms with Crippen molar-refractivity contribution in [1.29, 1.82) is 0 Å². The van der Waals surface area contributed by atoms with Crippen molar-refractivity contribution in [1.82, 2.24) is 9.97 Å². The molecule has 0 aliphatic heterocycles. The Labute approximate surface area is 112 Å². The molecule has 0 saturated heterocycles. The lowest BCUT2D eigenvalue weighted by molar-refractivity contribution is 0.112. The molecule has 0 saturated carbocycles. The predicted molar refractivity (Wildman–Crippen MR) is 67.7 cm³/mol. The molecular weight excluding hydrogens is 275 g/mol. The zero-order valence-corrected chi connectivity index (χ0v) is 10.9. The molecule has 0 aliphatic rings. The summed E-state index contributed by atoms with van der Waals surface area (Å²) in [5.74, 6) is 0.169. The summed E-state index contributed by atoms with van der Waals surface area (Å²) in [6.07, 6.45) is 0.619. The second kappa shape index (κ2) is 5.46. The van der Waals surface area contributed by atoms with Crippen LogP contribution in [0.15, 0.2) is 34.2 Å². The molecule has 1 heterocycles. The van der Waals surface area contributed by atoms with Crippen molar-refractivity contribution < 1.29 is 9.18 Å².